The molecular formula is C21H16F3N3OS2. The Morgan fingerprint density at radius 2 is 1.90 bits per heavy atom. The van der Waals surface area contributed by atoms with Crippen LogP contribution in [0.3, 0.4) is 0 Å². The average molecular weight is 448 g/mol. The van der Waals surface area contributed by atoms with Gasteiger partial charge in [0.2, 0.25) is 0 Å². The van der Waals surface area contributed by atoms with E-state index in [2.05, 4.69) is 4.98 Å². The van der Waals surface area contributed by atoms with E-state index in [1.54, 1.807) is 6.07 Å². The number of alkyl halides is 3. The molecule has 0 aliphatic rings. The number of nitrogens with one attached hydrogen (secondary N) is 1. The van der Waals surface area contributed by atoms with Gasteiger partial charge >= 0.3 is 6.18 Å². The number of carbonyl (C=O) groups excluding carboxylic acids is 1. The molecule has 9 heteroatoms. The molecule has 0 spiro atoms. The number of amides is 1. The first kappa shape index (κ1) is 21.7. The molecular weight excluding hydrogens is 431 g/mol. The van der Waals surface area contributed by atoms with Crippen molar-refractivity contribution in [2.24, 2.45) is 0 Å². The predicted molar refractivity (Wildman–Crippen MR) is 115 cm³/mol. The summed E-state index contributed by atoms with van der Waals surface area (Å²) in [6.45, 7) is 3.63. The average Bonchev–Trinajstić information content (AvgIpc) is 3.04. The van der Waals surface area contributed by atoms with Crippen LogP contribution in [-0.4, -0.2) is 16.9 Å². The van der Waals surface area contributed by atoms with Gasteiger partial charge in [0.05, 0.1) is 15.8 Å². The minimum atomic E-state index is -4.45. The van der Waals surface area contributed by atoms with E-state index in [0.717, 1.165) is 22.3 Å². The lowest BCUT2D eigenvalue weighted by Crippen LogP contribution is -2.37. The van der Waals surface area contributed by atoms with Crippen molar-refractivity contribution < 1.29 is 18.0 Å². The maximum Gasteiger partial charge on any atom is 0.416 e. The molecule has 0 saturated carbocycles. The van der Waals surface area contributed by atoms with E-state index in [1.807, 2.05) is 32.0 Å². The first-order chi connectivity index (χ1) is 14.1. The first-order valence-corrected chi connectivity index (χ1v) is 10.1. The molecule has 3 rings (SSSR count). The summed E-state index contributed by atoms with van der Waals surface area (Å²) in [5.41, 5.74) is 0.809. The van der Waals surface area contributed by atoms with Crippen molar-refractivity contribution in [3.8, 4) is 6.07 Å². The van der Waals surface area contributed by atoms with Crippen molar-refractivity contribution >= 4 is 51.4 Å². The van der Waals surface area contributed by atoms with Gasteiger partial charge in [-0.05, 0) is 68.0 Å². The van der Waals surface area contributed by atoms with Crippen molar-refractivity contribution in [1.82, 2.24) is 4.98 Å². The van der Waals surface area contributed by atoms with Gasteiger partial charge in [0.15, 0.2) is 3.95 Å². The molecule has 0 saturated heterocycles. The molecule has 1 heterocycles. The van der Waals surface area contributed by atoms with Crippen LogP contribution in [0.4, 0.5) is 18.9 Å². The topological polar surface area (TPSA) is 59.9 Å². The summed E-state index contributed by atoms with van der Waals surface area (Å²) in [7, 11) is 0. The molecule has 30 heavy (non-hydrogen) atoms. The number of hydrogen-bond acceptors (Lipinski definition) is 4. The Morgan fingerprint density at radius 3 is 2.47 bits per heavy atom. The van der Waals surface area contributed by atoms with Crippen LogP contribution in [0.5, 0.6) is 0 Å². The molecule has 0 fully saturated rings. The van der Waals surface area contributed by atoms with E-state index in [0.29, 0.717) is 15.2 Å². The van der Waals surface area contributed by atoms with Gasteiger partial charge < -0.3 is 9.88 Å². The molecule has 0 aliphatic heterocycles. The zero-order chi connectivity index (χ0) is 22.1. The second-order valence-electron chi connectivity index (χ2n) is 6.75. The largest absolute Gasteiger partial charge is 0.416 e. The van der Waals surface area contributed by atoms with E-state index in [9.17, 15) is 23.2 Å². The number of thiazole rings is 1. The van der Waals surface area contributed by atoms with Crippen LogP contribution < -0.4 is 4.90 Å². The summed E-state index contributed by atoms with van der Waals surface area (Å²) in [6.07, 6.45) is -3.16. The van der Waals surface area contributed by atoms with Gasteiger partial charge in [-0.15, -0.1) is 11.3 Å². The van der Waals surface area contributed by atoms with E-state index < -0.39 is 17.6 Å². The minimum Gasteiger partial charge on any atom is -0.337 e. The summed E-state index contributed by atoms with van der Waals surface area (Å²) in [5.74, 6) is -0.536. The molecule has 0 unspecified atom stereocenters. The van der Waals surface area contributed by atoms with Crippen LogP contribution in [0.2, 0.25) is 0 Å². The number of halogens is 3. The second kappa shape index (κ2) is 8.42. The zero-order valence-corrected chi connectivity index (χ0v) is 17.6. The van der Waals surface area contributed by atoms with E-state index in [4.69, 9.17) is 12.2 Å². The Balaban J connectivity index is 1.97. The first-order valence-electron chi connectivity index (χ1n) is 8.85. The van der Waals surface area contributed by atoms with Crippen LogP contribution >= 0.6 is 23.6 Å². The van der Waals surface area contributed by atoms with Gasteiger partial charge in [0, 0.05) is 11.7 Å². The van der Waals surface area contributed by atoms with Gasteiger partial charge in [0.1, 0.15) is 11.6 Å². The number of nitrogens with zero attached hydrogens (tertiary/aromatic N) is 2. The number of carbonyl (C=O) groups is 1. The Labute approximate surface area is 179 Å². The maximum atomic E-state index is 13.1. The fourth-order valence-corrected chi connectivity index (χ4v) is 4.09. The van der Waals surface area contributed by atoms with Crippen LogP contribution in [0, 0.1) is 15.3 Å². The summed E-state index contributed by atoms with van der Waals surface area (Å²) in [6, 6.07) is 11.3. The summed E-state index contributed by atoms with van der Waals surface area (Å²) in [4.78, 5) is 17.6. The Morgan fingerprint density at radius 1 is 1.23 bits per heavy atom. The summed E-state index contributed by atoms with van der Waals surface area (Å²) < 4.78 is 39.7. The van der Waals surface area contributed by atoms with Gasteiger partial charge in [-0.1, -0.05) is 12.1 Å². The molecule has 0 bridgehead atoms. The van der Waals surface area contributed by atoms with Gasteiger partial charge in [-0.3, -0.25) is 4.79 Å². The van der Waals surface area contributed by atoms with Gasteiger partial charge in [-0.2, -0.15) is 18.4 Å². The van der Waals surface area contributed by atoms with E-state index >= 15 is 0 Å². The van der Waals surface area contributed by atoms with Crippen molar-refractivity contribution in [1.29, 1.82) is 5.26 Å². The van der Waals surface area contributed by atoms with Crippen LogP contribution in [-0.2, 0) is 11.0 Å². The number of aromatic nitrogens is 1. The van der Waals surface area contributed by atoms with Crippen molar-refractivity contribution in [3.63, 3.8) is 0 Å². The van der Waals surface area contributed by atoms with Crippen LogP contribution in [0.25, 0.3) is 16.3 Å². The zero-order valence-electron chi connectivity index (χ0n) is 15.9. The van der Waals surface area contributed by atoms with Crippen molar-refractivity contribution in [3.05, 3.63) is 63.1 Å². The molecule has 3 aromatic rings. The fraction of sp³-hybridized carbons (Fsp3) is 0.190. The number of H-pyrrole nitrogens is 1. The summed E-state index contributed by atoms with van der Waals surface area (Å²) >= 11 is 6.53. The Hall–Kier alpha value is -2.96. The highest BCUT2D eigenvalue weighted by molar-refractivity contribution is 7.73. The lowest BCUT2D eigenvalue weighted by Gasteiger charge is -2.26. The third-order valence-corrected chi connectivity index (χ3v) is 5.52. The normalized spacial score (nSPS) is 12.2. The molecule has 2 aromatic carbocycles. The Kier molecular flexibility index (Phi) is 6.10. The number of anilines is 1. The monoisotopic (exact) mass is 447 g/mol. The Bertz CT molecular complexity index is 1220. The summed E-state index contributed by atoms with van der Waals surface area (Å²) in [5, 5.41) is 9.53. The van der Waals surface area contributed by atoms with E-state index in [1.165, 1.54) is 34.4 Å². The van der Waals surface area contributed by atoms with Gasteiger partial charge in [0.25, 0.3) is 5.91 Å². The number of aromatic amines is 1. The van der Waals surface area contributed by atoms with Crippen molar-refractivity contribution in [2.75, 3.05) is 4.90 Å². The number of nitriles is 1. The van der Waals surface area contributed by atoms with Crippen molar-refractivity contribution in [2.45, 2.75) is 26.1 Å². The molecule has 0 atom stereocenters. The SMILES string of the molecule is CC(C)N(C(=O)/C(C#N)=C\c1ccc(C(F)(F)F)cc1)c1ccc2[nH]c(=S)sc2c1. The molecule has 1 aromatic heterocycles. The molecule has 4 nitrogen and oxygen atoms in total. The molecule has 154 valence electrons. The number of fused-ring (bicyclic) bond motifs is 1. The highest BCUT2D eigenvalue weighted by atomic mass is 32.1. The highest BCUT2D eigenvalue weighted by Gasteiger charge is 2.30. The molecule has 1 amide bonds. The lowest BCUT2D eigenvalue weighted by molar-refractivity contribution is -0.137. The minimum absolute atomic E-state index is 0.176. The number of hydrogen-bond donors (Lipinski definition) is 1. The van der Waals surface area contributed by atoms with Gasteiger partial charge in [-0.25, -0.2) is 0 Å². The number of benzene rings is 2. The molecule has 1 N–H and O–H groups in total. The molecule has 0 aliphatic carbocycles. The fourth-order valence-electron chi connectivity index (χ4n) is 2.94. The second-order valence-corrected chi connectivity index (χ2v) is 8.47. The van der Waals surface area contributed by atoms with E-state index in [-0.39, 0.29) is 11.6 Å². The smallest absolute Gasteiger partial charge is 0.337 e. The third-order valence-electron chi connectivity index (χ3n) is 4.32. The third kappa shape index (κ3) is 4.61. The maximum absolute atomic E-state index is 13.1. The number of rotatable bonds is 4. The lowest BCUT2D eigenvalue weighted by atomic mass is 10.1. The van der Waals surface area contributed by atoms with Crippen LogP contribution in [0.1, 0.15) is 25.0 Å². The standard InChI is InChI=1S/C21H16F3N3OS2/c1-12(2)27(16-7-8-17-18(10-16)30-20(29)26-17)19(28)14(11-25)9-13-3-5-15(6-4-13)21(22,23)24/h3-10,12H,1-2H3,(H,26,29)/b14-9-. The molecule has 0 radical (unpaired) electrons. The highest BCUT2D eigenvalue weighted by Crippen LogP contribution is 2.30. The quantitative estimate of drug-likeness (QED) is 0.289. The predicted octanol–water partition coefficient (Wildman–Crippen LogP) is 6.33. The van der Waals surface area contributed by atoms with Crippen LogP contribution in [0.15, 0.2) is 48.0 Å².